The van der Waals surface area contributed by atoms with Gasteiger partial charge in [-0.3, -0.25) is 9.80 Å². The van der Waals surface area contributed by atoms with Gasteiger partial charge < -0.3 is 10.5 Å². The van der Waals surface area contributed by atoms with E-state index in [2.05, 4.69) is 23.6 Å². The van der Waals surface area contributed by atoms with E-state index in [0.29, 0.717) is 18.2 Å². The lowest BCUT2D eigenvalue weighted by atomic mass is 10.1. The highest BCUT2D eigenvalue weighted by Crippen LogP contribution is 2.21. The maximum atomic E-state index is 5.97. The van der Waals surface area contributed by atoms with Crippen LogP contribution in [0.3, 0.4) is 0 Å². The summed E-state index contributed by atoms with van der Waals surface area (Å²) >= 11 is 0. The molecule has 0 radical (unpaired) electrons. The van der Waals surface area contributed by atoms with Crippen LogP contribution in [0.25, 0.3) is 0 Å². The fourth-order valence-electron chi connectivity index (χ4n) is 3.68. The molecular formula is C16H33N3O. The van der Waals surface area contributed by atoms with Crippen LogP contribution in [0, 0.1) is 0 Å². The Balaban J connectivity index is 1.76. The highest BCUT2D eigenvalue weighted by molar-refractivity contribution is 4.79. The predicted molar refractivity (Wildman–Crippen MR) is 83.9 cm³/mol. The van der Waals surface area contributed by atoms with Gasteiger partial charge in [0.2, 0.25) is 0 Å². The van der Waals surface area contributed by atoms with Crippen LogP contribution in [0.5, 0.6) is 0 Å². The third-order valence-corrected chi connectivity index (χ3v) is 4.89. The maximum Gasteiger partial charge on any atom is 0.0706 e. The van der Waals surface area contributed by atoms with Gasteiger partial charge in [0.25, 0.3) is 0 Å². The Kier molecular flexibility index (Phi) is 6.75. The average Bonchev–Trinajstić information content (AvgIpc) is 2.71. The third-order valence-electron chi connectivity index (χ3n) is 4.89. The molecule has 0 bridgehead atoms. The molecule has 0 aromatic carbocycles. The molecule has 0 aliphatic carbocycles. The summed E-state index contributed by atoms with van der Waals surface area (Å²) in [6, 6.07) is 0.683. The van der Waals surface area contributed by atoms with Crippen LogP contribution in [0.1, 0.15) is 46.0 Å². The first-order valence-electron chi connectivity index (χ1n) is 8.54. The first-order valence-corrected chi connectivity index (χ1v) is 8.54. The SMILES string of the molecule is CCC(CCN)N1CCCN(CC2CCC(C)O2)CC1. The van der Waals surface area contributed by atoms with Crippen LogP contribution in [-0.4, -0.2) is 67.3 Å². The first kappa shape index (κ1) is 16.2. The van der Waals surface area contributed by atoms with E-state index in [1.807, 2.05) is 0 Å². The molecule has 2 aliphatic rings. The van der Waals surface area contributed by atoms with Gasteiger partial charge in [-0.2, -0.15) is 0 Å². The molecule has 3 atom stereocenters. The maximum absolute atomic E-state index is 5.97. The Morgan fingerprint density at radius 3 is 2.70 bits per heavy atom. The van der Waals surface area contributed by atoms with Crippen molar-refractivity contribution in [1.29, 1.82) is 0 Å². The van der Waals surface area contributed by atoms with Crippen molar-refractivity contribution in [2.45, 2.75) is 64.2 Å². The largest absolute Gasteiger partial charge is 0.374 e. The fourth-order valence-corrected chi connectivity index (χ4v) is 3.68. The topological polar surface area (TPSA) is 41.7 Å². The van der Waals surface area contributed by atoms with Crippen LogP contribution >= 0.6 is 0 Å². The molecule has 2 N–H and O–H groups in total. The fraction of sp³-hybridized carbons (Fsp3) is 1.00. The number of nitrogens with two attached hydrogens (primary N) is 1. The van der Waals surface area contributed by atoms with Gasteiger partial charge in [-0.05, 0) is 58.7 Å². The summed E-state index contributed by atoms with van der Waals surface area (Å²) in [7, 11) is 0. The van der Waals surface area contributed by atoms with Gasteiger partial charge in [0.05, 0.1) is 12.2 Å². The quantitative estimate of drug-likeness (QED) is 0.805. The van der Waals surface area contributed by atoms with Gasteiger partial charge in [-0.25, -0.2) is 0 Å². The van der Waals surface area contributed by atoms with Crippen molar-refractivity contribution < 1.29 is 4.74 Å². The zero-order valence-corrected chi connectivity index (χ0v) is 13.4. The molecule has 2 saturated heterocycles. The third kappa shape index (κ3) is 4.69. The molecule has 0 aromatic rings. The summed E-state index contributed by atoms with van der Waals surface area (Å²) in [6.07, 6.45) is 7.06. The number of hydrogen-bond acceptors (Lipinski definition) is 4. The summed E-state index contributed by atoms with van der Waals surface area (Å²) in [4.78, 5) is 5.27. The van der Waals surface area contributed by atoms with E-state index >= 15 is 0 Å². The van der Waals surface area contributed by atoms with Crippen molar-refractivity contribution in [2.75, 3.05) is 39.3 Å². The van der Waals surface area contributed by atoms with Crippen LogP contribution in [0.2, 0.25) is 0 Å². The van der Waals surface area contributed by atoms with Crippen molar-refractivity contribution >= 4 is 0 Å². The molecular weight excluding hydrogens is 250 g/mol. The van der Waals surface area contributed by atoms with Crippen molar-refractivity contribution in [3.63, 3.8) is 0 Å². The molecule has 20 heavy (non-hydrogen) atoms. The summed E-state index contributed by atoms with van der Waals surface area (Å²) in [5.74, 6) is 0. The minimum absolute atomic E-state index is 0.470. The van der Waals surface area contributed by atoms with Crippen molar-refractivity contribution in [3.05, 3.63) is 0 Å². The second-order valence-corrected chi connectivity index (χ2v) is 6.48. The van der Waals surface area contributed by atoms with E-state index in [-0.39, 0.29) is 0 Å². The van der Waals surface area contributed by atoms with Crippen LogP contribution in [0.4, 0.5) is 0 Å². The zero-order chi connectivity index (χ0) is 14.4. The Morgan fingerprint density at radius 1 is 1.20 bits per heavy atom. The average molecular weight is 283 g/mol. The highest BCUT2D eigenvalue weighted by Gasteiger charge is 2.26. The first-order chi connectivity index (χ1) is 9.72. The lowest BCUT2D eigenvalue weighted by Gasteiger charge is -2.30. The Morgan fingerprint density at radius 2 is 2.05 bits per heavy atom. The predicted octanol–water partition coefficient (Wildman–Crippen LogP) is 1.69. The number of ether oxygens (including phenoxy) is 1. The lowest BCUT2D eigenvalue weighted by Crippen LogP contribution is -2.40. The molecule has 3 unspecified atom stereocenters. The molecule has 0 spiro atoms. The minimum Gasteiger partial charge on any atom is -0.374 e. The summed E-state index contributed by atoms with van der Waals surface area (Å²) in [5, 5.41) is 0. The van der Waals surface area contributed by atoms with Crippen molar-refractivity contribution in [1.82, 2.24) is 9.80 Å². The molecule has 2 aliphatic heterocycles. The van der Waals surface area contributed by atoms with E-state index in [1.165, 1.54) is 51.9 Å². The van der Waals surface area contributed by atoms with Crippen molar-refractivity contribution in [2.24, 2.45) is 5.73 Å². The van der Waals surface area contributed by atoms with Crippen LogP contribution in [0.15, 0.2) is 0 Å². The van der Waals surface area contributed by atoms with E-state index in [1.54, 1.807) is 0 Å². The Labute approximate surface area is 124 Å². The lowest BCUT2D eigenvalue weighted by molar-refractivity contribution is 0.0319. The number of rotatable bonds is 6. The molecule has 0 saturated carbocycles. The van der Waals surface area contributed by atoms with Crippen LogP contribution in [-0.2, 0) is 4.74 Å². The van der Waals surface area contributed by atoms with Gasteiger partial charge in [0.15, 0.2) is 0 Å². The summed E-state index contributed by atoms with van der Waals surface area (Å²) in [6.45, 7) is 11.3. The Bertz CT molecular complexity index is 274. The molecule has 0 aromatic heterocycles. The second kappa shape index (κ2) is 8.32. The van der Waals surface area contributed by atoms with Gasteiger partial charge in [-0.15, -0.1) is 0 Å². The normalized spacial score (nSPS) is 31.4. The standard InChI is InChI=1S/C16H33N3O/c1-3-15(7-8-17)19-10-4-9-18(11-12-19)13-16-6-5-14(2)20-16/h14-16H,3-13,17H2,1-2H3. The van der Waals surface area contributed by atoms with E-state index in [0.717, 1.165) is 19.5 Å². The summed E-state index contributed by atoms with van der Waals surface area (Å²) in [5.41, 5.74) is 5.75. The molecule has 2 rings (SSSR count). The van der Waals surface area contributed by atoms with E-state index in [4.69, 9.17) is 10.5 Å². The van der Waals surface area contributed by atoms with E-state index < -0.39 is 0 Å². The van der Waals surface area contributed by atoms with Gasteiger partial charge in [-0.1, -0.05) is 6.92 Å². The molecule has 4 nitrogen and oxygen atoms in total. The van der Waals surface area contributed by atoms with Gasteiger partial charge in [0, 0.05) is 25.7 Å². The summed E-state index contributed by atoms with van der Waals surface area (Å²) < 4.78 is 5.97. The van der Waals surface area contributed by atoms with Crippen molar-refractivity contribution in [3.8, 4) is 0 Å². The monoisotopic (exact) mass is 283 g/mol. The van der Waals surface area contributed by atoms with Gasteiger partial charge in [0.1, 0.15) is 0 Å². The highest BCUT2D eigenvalue weighted by atomic mass is 16.5. The van der Waals surface area contributed by atoms with Gasteiger partial charge >= 0.3 is 0 Å². The van der Waals surface area contributed by atoms with Crippen LogP contribution < -0.4 is 5.73 Å². The molecule has 0 amide bonds. The second-order valence-electron chi connectivity index (χ2n) is 6.48. The molecule has 4 heteroatoms. The van der Waals surface area contributed by atoms with E-state index in [9.17, 15) is 0 Å². The number of nitrogens with zero attached hydrogens (tertiary/aromatic N) is 2. The minimum atomic E-state index is 0.470. The molecule has 2 heterocycles. The Hall–Kier alpha value is -0.160. The zero-order valence-electron chi connectivity index (χ0n) is 13.4. The number of hydrogen-bond donors (Lipinski definition) is 1. The molecule has 2 fully saturated rings. The molecule has 118 valence electrons. The smallest absolute Gasteiger partial charge is 0.0706 e.